The Morgan fingerprint density at radius 3 is 2.21 bits per heavy atom. The van der Waals surface area contributed by atoms with Crippen molar-refractivity contribution in [2.24, 2.45) is 5.41 Å². The summed E-state index contributed by atoms with van der Waals surface area (Å²) in [5.74, 6) is 0.702. The molecule has 0 aliphatic heterocycles. The topological polar surface area (TPSA) is 37.8 Å². The van der Waals surface area contributed by atoms with Crippen molar-refractivity contribution in [3.63, 3.8) is 0 Å². The summed E-state index contributed by atoms with van der Waals surface area (Å²) in [5.41, 5.74) is 0.215. The Morgan fingerprint density at radius 1 is 1.29 bits per heavy atom. The van der Waals surface area contributed by atoms with Gasteiger partial charge in [0.2, 0.25) is 5.95 Å². The molecule has 0 saturated carbocycles. The van der Waals surface area contributed by atoms with E-state index in [1.807, 2.05) is 12.4 Å². The molecule has 1 N–H and O–H groups in total. The standard InChI is InChI=1S/C10H16IN3/c1-7(10(2,3)4)14-9-12-5-8(11)6-13-9/h5-7H,1-4H3,(H,12,13,14). The maximum Gasteiger partial charge on any atom is 0.222 e. The molecule has 0 aliphatic rings. The number of hydrogen-bond acceptors (Lipinski definition) is 3. The summed E-state index contributed by atoms with van der Waals surface area (Å²) < 4.78 is 1.05. The molecule has 1 atom stereocenters. The minimum Gasteiger partial charge on any atom is -0.351 e. The average Bonchev–Trinajstić information content (AvgIpc) is 2.07. The Kier molecular flexibility index (Phi) is 3.69. The van der Waals surface area contributed by atoms with Crippen LogP contribution in [0.2, 0.25) is 0 Å². The van der Waals surface area contributed by atoms with Gasteiger partial charge in [0.05, 0.1) is 0 Å². The second-order valence-corrected chi connectivity index (χ2v) is 5.70. The van der Waals surface area contributed by atoms with Crippen LogP contribution < -0.4 is 5.32 Å². The lowest BCUT2D eigenvalue weighted by molar-refractivity contribution is 0.358. The number of nitrogens with zero attached hydrogens (tertiary/aromatic N) is 2. The predicted octanol–water partition coefficient (Wildman–Crippen LogP) is 2.93. The van der Waals surface area contributed by atoms with Gasteiger partial charge in [-0.1, -0.05) is 20.8 Å². The van der Waals surface area contributed by atoms with Gasteiger partial charge in [-0.3, -0.25) is 0 Å². The van der Waals surface area contributed by atoms with Crippen LogP contribution in [-0.2, 0) is 0 Å². The maximum absolute atomic E-state index is 4.20. The minimum absolute atomic E-state index is 0.215. The van der Waals surface area contributed by atoms with Crippen molar-refractivity contribution in [1.82, 2.24) is 9.97 Å². The quantitative estimate of drug-likeness (QED) is 0.854. The van der Waals surface area contributed by atoms with Crippen LogP contribution in [0.4, 0.5) is 5.95 Å². The Labute approximate surface area is 98.9 Å². The summed E-state index contributed by atoms with van der Waals surface area (Å²) in [6.07, 6.45) is 3.62. The van der Waals surface area contributed by atoms with Gasteiger partial charge < -0.3 is 5.32 Å². The van der Waals surface area contributed by atoms with Gasteiger partial charge in [0, 0.05) is 22.0 Å². The average molecular weight is 305 g/mol. The summed E-state index contributed by atoms with van der Waals surface area (Å²) >= 11 is 2.19. The highest BCUT2D eigenvalue weighted by Gasteiger charge is 2.20. The molecule has 0 fully saturated rings. The smallest absolute Gasteiger partial charge is 0.222 e. The molecular formula is C10H16IN3. The Morgan fingerprint density at radius 2 is 1.79 bits per heavy atom. The van der Waals surface area contributed by atoms with E-state index >= 15 is 0 Å². The lowest BCUT2D eigenvalue weighted by Crippen LogP contribution is -2.31. The van der Waals surface area contributed by atoms with Gasteiger partial charge in [-0.15, -0.1) is 0 Å². The van der Waals surface area contributed by atoms with E-state index in [1.165, 1.54) is 0 Å². The van der Waals surface area contributed by atoms with Crippen LogP contribution in [0.15, 0.2) is 12.4 Å². The summed E-state index contributed by atoms with van der Waals surface area (Å²) in [7, 11) is 0. The van der Waals surface area contributed by atoms with E-state index in [0.717, 1.165) is 3.57 Å². The molecule has 3 nitrogen and oxygen atoms in total. The van der Waals surface area contributed by atoms with E-state index in [1.54, 1.807) is 0 Å². The Bertz CT molecular complexity index is 289. The zero-order chi connectivity index (χ0) is 10.8. The zero-order valence-electron chi connectivity index (χ0n) is 9.00. The van der Waals surface area contributed by atoms with E-state index in [4.69, 9.17) is 0 Å². The van der Waals surface area contributed by atoms with Crippen LogP contribution in [0.25, 0.3) is 0 Å². The summed E-state index contributed by atoms with van der Waals surface area (Å²) in [6, 6.07) is 0.350. The molecular weight excluding hydrogens is 289 g/mol. The highest BCUT2D eigenvalue weighted by atomic mass is 127. The molecule has 0 spiro atoms. The molecule has 0 aromatic carbocycles. The fourth-order valence-electron chi connectivity index (χ4n) is 0.797. The van der Waals surface area contributed by atoms with Crippen LogP contribution in [0, 0.1) is 8.99 Å². The fourth-order valence-corrected chi connectivity index (χ4v) is 1.08. The molecule has 4 heteroatoms. The molecule has 0 amide bonds. The first-order valence-electron chi connectivity index (χ1n) is 4.63. The van der Waals surface area contributed by atoms with Crippen molar-refractivity contribution in [1.29, 1.82) is 0 Å². The molecule has 0 radical (unpaired) electrons. The van der Waals surface area contributed by atoms with Crippen LogP contribution in [0.5, 0.6) is 0 Å². The molecule has 1 unspecified atom stereocenters. The second kappa shape index (κ2) is 4.42. The van der Waals surface area contributed by atoms with Gasteiger partial charge in [-0.05, 0) is 34.9 Å². The summed E-state index contributed by atoms with van der Waals surface area (Å²) in [4.78, 5) is 8.40. The van der Waals surface area contributed by atoms with Crippen molar-refractivity contribution >= 4 is 28.5 Å². The van der Waals surface area contributed by atoms with Crippen molar-refractivity contribution < 1.29 is 0 Å². The molecule has 1 heterocycles. The van der Waals surface area contributed by atoms with Crippen LogP contribution in [0.3, 0.4) is 0 Å². The van der Waals surface area contributed by atoms with Gasteiger partial charge in [-0.2, -0.15) is 0 Å². The summed E-state index contributed by atoms with van der Waals surface area (Å²) in [6.45, 7) is 8.72. The van der Waals surface area contributed by atoms with Crippen molar-refractivity contribution in [3.05, 3.63) is 16.0 Å². The van der Waals surface area contributed by atoms with Gasteiger partial charge in [-0.25, -0.2) is 9.97 Å². The third-order valence-corrected chi connectivity index (χ3v) is 2.82. The second-order valence-electron chi connectivity index (χ2n) is 4.46. The summed E-state index contributed by atoms with van der Waals surface area (Å²) in [5, 5.41) is 3.28. The Balaban J connectivity index is 2.65. The first-order chi connectivity index (χ1) is 6.39. The minimum atomic E-state index is 0.215. The third-order valence-electron chi connectivity index (χ3n) is 2.26. The van der Waals surface area contributed by atoms with E-state index in [-0.39, 0.29) is 5.41 Å². The number of halogens is 1. The third kappa shape index (κ3) is 3.40. The van der Waals surface area contributed by atoms with Crippen LogP contribution in [-0.4, -0.2) is 16.0 Å². The molecule has 1 rings (SSSR count). The van der Waals surface area contributed by atoms with Crippen molar-refractivity contribution in [3.8, 4) is 0 Å². The van der Waals surface area contributed by atoms with Gasteiger partial charge in [0.1, 0.15) is 0 Å². The largest absolute Gasteiger partial charge is 0.351 e. The number of anilines is 1. The number of nitrogens with one attached hydrogen (secondary N) is 1. The predicted molar refractivity (Wildman–Crippen MR) is 67.3 cm³/mol. The molecule has 1 aromatic heterocycles. The molecule has 0 aliphatic carbocycles. The van der Waals surface area contributed by atoms with Crippen molar-refractivity contribution in [2.45, 2.75) is 33.7 Å². The molecule has 14 heavy (non-hydrogen) atoms. The van der Waals surface area contributed by atoms with E-state index in [9.17, 15) is 0 Å². The molecule has 1 aromatic rings. The Hall–Kier alpha value is -0.390. The highest BCUT2D eigenvalue weighted by Crippen LogP contribution is 2.21. The highest BCUT2D eigenvalue weighted by molar-refractivity contribution is 14.1. The van der Waals surface area contributed by atoms with E-state index in [0.29, 0.717) is 12.0 Å². The van der Waals surface area contributed by atoms with Crippen LogP contribution in [0.1, 0.15) is 27.7 Å². The number of hydrogen-bond donors (Lipinski definition) is 1. The SMILES string of the molecule is CC(Nc1ncc(I)cn1)C(C)(C)C. The molecule has 0 bridgehead atoms. The first kappa shape index (κ1) is 11.7. The normalized spacial score (nSPS) is 13.8. The molecule has 78 valence electrons. The number of rotatable bonds is 2. The van der Waals surface area contributed by atoms with Crippen molar-refractivity contribution in [2.75, 3.05) is 5.32 Å². The lowest BCUT2D eigenvalue weighted by Gasteiger charge is -2.27. The monoisotopic (exact) mass is 305 g/mol. The first-order valence-corrected chi connectivity index (χ1v) is 5.71. The maximum atomic E-state index is 4.20. The van der Waals surface area contributed by atoms with Gasteiger partial charge in [0.15, 0.2) is 0 Å². The number of aromatic nitrogens is 2. The molecule has 0 saturated heterocycles. The lowest BCUT2D eigenvalue weighted by atomic mass is 9.88. The zero-order valence-corrected chi connectivity index (χ0v) is 11.2. The van der Waals surface area contributed by atoms with Gasteiger partial charge >= 0.3 is 0 Å². The van der Waals surface area contributed by atoms with Crippen LogP contribution >= 0.6 is 22.6 Å². The fraction of sp³-hybridized carbons (Fsp3) is 0.600. The van der Waals surface area contributed by atoms with E-state index in [2.05, 4.69) is 65.6 Å². The van der Waals surface area contributed by atoms with E-state index < -0.39 is 0 Å². The van der Waals surface area contributed by atoms with Gasteiger partial charge in [0.25, 0.3) is 0 Å².